The first-order chi connectivity index (χ1) is 15.7. The van der Waals surface area contributed by atoms with E-state index in [9.17, 15) is 9.90 Å². The second-order valence-electron chi connectivity index (χ2n) is 9.66. The standard InChI is InChI=1S/C25H30N6O2/c1-15(2)29-21-11-22(31-8-7-17-9-16(12-26)13-28-23(17)31)27-14-20(21)24(32)30-19-6-5-18(10-19)25(3,4)33/h7-9,11,13-15,18-19,33H,5-6,10H2,1-4H3,(H,27,29)(H,30,32)/t18-,19-/m0/s1. The van der Waals surface area contributed by atoms with Crippen molar-refractivity contribution in [3.05, 3.63) is 47.9 Å². The van der Waals surface area contributed by atoms with E-state index in [1.807, 2.05) is 50.6 Å². The molecule has 0 aromatic carbocycles. The SMILES string of the molecule is CC(C)Nc1cc(-n2ccc3cc(C#N)cnc32)ncc1C(=O)N[C@H]1CC[C@H](C(C)(C)O)C1. The summed E-state index contributed by atoms with van der Waals surface area (Å²) in [4.78, 5) is 22.1. The smallest absolute Gasteiger partial charge is 0.255 e. The minimum atomic E-state index is -0.741. The van der Waals surface area contributed by atoms with E-state index in [1.165, 1.54) is 6.20 Å². The largest absolute Gasteiger partial charge is 0.390 e. The van der Waals surface area contributed by atoms with Crippen molar-refractivity contribution in [3.63, 3.8) is 0 Å². The Balaban J connectivity index is 1.61. The summed E-state index contributed by atoms with van der Waals surface area (Å²) >= 11 is 0. The molecule has 0 aliphatic heterocycles. The summed E-state index contributed by atoms with van der Waals surface area (Å²) in [7, 11) is 0. The third-order valence-corrected chi connectivity index (χ3v) is 6.25. The monoisotopic (exact) mass is 446 g/mol. The summed E-state index contributed by atoms with van der Waals surface area (Å²) in [6, 6.07) is 7.79. The zero-order valence-electron chi connectivity index (χ0n) is 19.5. The maximum Gasteiger partial charge on any atom is 0.255 e. The van der Waals surface area contributed by atoms with Crippen LogP contribution in [0.4, 0.5) is 5.69 Å². The highest BCUT2D eigenvalue weighted by Crippen LogP contribution is 2.34. The van der Waals surface area contributed by atoms with Gasteiger partial charge in [0.2, 0.25) is 0 Å². The molecular weight excluding hydrogens is 416 g/mol. The van der Waals surface area contributed by atoms with Crippen molar-refractivity contribution < 1.29 is 9.90 Å². The summed E-state index contributed by atoms with van der Waals surface area (Å²) in [6.07, 6.45) is 7.49. The summed E-state index contributed by atoms with van der Waals surface area (Å²) < 4.78 is 1.84. The second-order valence-corrected chi connectivity index (χ2v) is 9.66. The van der Waals surface area contributed by atoms with E-state index in [4.69, 9.17) is 5.26 Å². The van der Waals surface area contributed by atoms with Gasteiger partial charge in [-0.25, -0.2) is 9.97 Å². The van der Waals surface area contributed by atoms with Crippen molar-refractivity contribution in [2.24, 2.45) is 5.92 Å². The Morgan fingerprint density at radius 1 is 1.27 bits per heavy atom. The predicted octanol–water partition coefficient (Wildman–Crippen LogP) is 3.78. The second kappa shape index (κ2) is 8.83. The molecule has 3 aromatic rings. The highest BCUT2D eigenvalue weighted by atomic mass is 16.3. The molecule has 1 amide bonds. The van der Waals surface area contributed by atoms with E-state index in [-0.39, 0.29) is 23.9 Å². The molecule has 3 N–H and O–H groups in total. The van der Waals surface area contributed by atoms with Gasteiger partial charge in [0, 0.05) is 42.1 Å². The molecule has 0 bridgehead atoms. The molecule has 1 saturated carbocycles. The molecule has 0 spiro atoms. The first-order valence-corrected chi connectivity index (χ1v) is 11.3. The third kappa shape index (κ3) is 4.83. The Morgan fingerprint density at radius 3 is 2.73 bits per heavy atom. The van der Waals surface area contributed by atoms with E-state index in [2.05, 4.69) is 26.7 Å². The maximum absolute atomic E-state index is 13.1. The quantitative estimate of drug-likeness (QED) is 0.531. The topological polar surface area (TPSA) is 116 Å². The summed E-state index contributed by atoms with van der Waals surface area (Å²) in [6.45, 7) is 7.69. The first kappa shape index (κ1) is 22.7. The highest BCUT2D eigenvalue weighted by molar-refractivity contribution is 5.99. The molecule has 1 aliphatic rings. The van der Waals surface area contributed by atoms with Gasteiger partial charge in [-0.2, -0.15) is 5.26 Å². The van der Waals surface area contributed by atoms with Crippen molar-refractivity contribution in [2.45, 2.75) is 64.6 Å². The van der Waals surface area contributed by atoms with E-state index in [0.29, 0.717) is 28.3 Å². The molecule has 172 valence electrons. The van der Waals surface area contributed by atoms with Crippen LogP contribution in [0.1, 0.15) is 62.9 Å². The number of anilines is 1. The van der Waals surface area contributed by atoms with E-state index in [1.54, 1.807) is 12.3 Å². The number of rotatable bonds is 6. The van der Waals surface area contributed by atoms with Crippen LogP contribution < -0.4 is 10.6 Å². The van der Waals surface area contributed by atoms with E-state index in [0.717, 1.165) is 24.6 Å². The molecule has 33 heavy (non-hydrogen) atoms. The molecule has 1 fully saturated rings. The number of fused-ring (bicyclic) bond motifs is 1. The molecule has 8 heteroatoms. The van der Waals surface area contributed by atoms with Gasteiger partial charge in [0.05, 0.1) is 22.4 Å². The van der Waals surface area contributed by atoms with Crippen LogP contribution in [0.3, 0.4) is 0 Å². The lowest BCUT2D eigenvalue weighted by Crippen LogP contribution is -2.36. The number of pyridine rings is 2. The number of hydrogen-bond acceptors (Lipinski definition) is 6. The molecule has 0 saturated heterocycles. The fraction of sp³-hybridized carbons (Fsp3) is 0.440. The number of carbonyl (C=O) groups excluding carboxylic acids is 1. The minimum Gasteiger partial charge on any atom is -0.390 e. The van der Waals surface area contributed by atoms with Crippen LogP contribution in [0.5, 0.6) is 0 Å². The average molecular weight is 447 g/mol. The van der Waals surface area contributed by atoms with Crippen LogP contribution in [0.2, 0.25) is 0 Å². The van der Waals surface area contributed by atoms with Crippen LogP contribution in [0, 0.1) is 17.2 Å². The molecule has 0 radical (unpaired) electrons. The fourth-order valence-corrected chi connectivity index (χ4v) is 4.47. The number of carbonyl (C=O) groups is 1. The zero-order valence-corrected chi connectivity index (χ0v) is 19.5. The molecule has 2 atom stereocenters. The molecule has 1 aliphatic carbocycles. The lowest BCUT2D eigenvalue weighted by Gasteiger charge is -2.25. The Labute approximate surface area is 193 Å². The van der Waals surface area contributed by atoms with Crippen molar-refractivity contribution in [1.82, 2.24) is 19.9 Å². The zero-order chi connectivity index (χ0) is 23.8. The van der Waals surface area contributed by atoms with E-state index < -0.39 is 5.60 Å². The van der Waals surface area contributed by atoms with Gasteiger partial charge in [-0.3, -0.25) is 9.36 Å². The lowest BCUT2D eigenvalue weighted by molar-refractivity contribution is 0.0190. The Hall–Kier alpha value is -3.44. The van der Waals surface area contributed by atoms with Gasteiger partial charge < -0.3 is 15.7 Å². The van der Waals surface area contributed by atoms with Crippen molar-refractivity contribution in [1.29, 1.82) is 5.26 Å². The van der Waals surface area contributed by atoms with Crippen LogP contribution in [-0.2, 0) is 0 Å². The number of hydrogen-bond donors (Lipinski definition) is 3. The van der Waals surface area contributed by atoms with Gasteiger partial charge in [-0.15, -0.1) is 0 Å². The van der Waals surface area contributed by atoms with E-state index >= 15 is 0 Å². The summed E-state index contributed by atoms with van der Waals surface area (Å²) in [5.41, 5.74) is 1.63. The maximum atomic E-state index is 13.1. The van der Waals surface area contributed by atoms with Crippen molar-refractivity contribution in [2.75, 3.05) is 5.32 Å². The minimum absolute atomic E-state index is 0.0347. The van der Waals surface area contributed by atoms with Crippen molar-refractivity contribution in [3.8, 4) is 11.9 Å². The first-order valence-electron chi connectivity index (χ1n) is 11.3. The van der Waals surface area contributed by atoms with Gasteiger partial charge >= 0.3 is 0 Å². The normalized spacial score (nSPS) is 18.5. The summed E-state index contributed by atoms with van der Waals surface area (Å²) in [5.74, 6) is 0.630. The molecule has 0 unspecified atom stereocenters. The van der Waals surface area contributed by atoms with Crippen molar-refractivity contribution >= 4 is 22.6 Å². The fourth-order valence-electron chi connectivity index (χ4n) is 4.47. The third-order valence-electron chi connectivity index (χ3n) is 6.25. The van der Waals surface area contributed by atoms with Gasteiger partial charge in [0.15, 0.2) is 0 Å². The van der Waals surface area contributed by atoms with Gasteiger partial charge in [-0.05, 0) is 65.0 Å². The molecule has 4 rings (SSSR count). The molecule has 3 aromatic heterocycles. The average Bonchev–Trinajstić information content (AvgIpc) is 3.39. The summed E-state index contributed by atoms with van der Waals surface area (Å²) in [5, 5.41) is 26.7. The van der Waals surface area contributed by atoms with Gasteiger partial charge in [-0.1, -0.05) is 0 Å². The number of nitrogens with zero attached hydrogens (tertiary/aromatic N) is 4. The van der Waals surface area contributed by atoms with Gasteiger partial charge in [0.25, 0.3) is 5.91 Å². The number of aliphatic hydroxyl groups is 1. The predicted molar refractivity (Wildman–Crippen MR) is 127 cm³/mol. The Kier molecular flexibility index (Phi) is 6.09. The Morgan fingerprint density at radius 2 is 2.06 bits per heavy atom. The lowest BCUT2D eigenvalue weighted by atomic mass is 9.89. The van der Waals surface area contributed by atoms with Crippen LogP contribution in [-0.4, -0.2) is 43.2 Å². The Bertz CT molecular complexity index is 1220. The van der Waals surface area contributed by atoms with Crippen LogP contribution in [0.15, 0.2) is 36.8 Å². The highest BCUT2D eigenvalue weighted by Gasteiger charge is 2.35. The number of nitrogens with one attached hydrogen (secondary N) is 2. The number of aromatic nitrogens is 3. The molecular formula is C25H30N6O2. The van der Waals surface area contributed by atoms with Crippen LogP contribution in [0.25, 0.3) is 16.9 Å². The van der Waals surface area contributed by atoms with Crippen LogP contribution >= 0.6 is 0 Å². The molecule has 3 heterocycles. The van der Waals surface area contributed by atoms with Gasteiger partial charge in [0.1, 0.15) is 17.5 Å². The number of nitriles is 1. The number of amides is 1. The molecule has 8 nitrogen and oxygen atoms in total.